The lowest BCUT2D eigenvalue weighted by Gasteiger charge is -2.15. The monoisotopic (exact) mass is 444 g/mol. The summed E-state index contributed by atoms with van der Waals surface area (Å²) in [4.78, 5) is 26.8. The van der Waals surface area contributed by atoms with Crippen LogP contribution in [-0.4, -0.2) is 40.6 Å². The Bertz CT molecular complexity index is 1110. The maximum absolute atomic E-state index is 13.0. The number of benzene rings is 2. The van der Waals surface area contributed by atoms with E-state index in [1.54, 1.807) is 49.1 Å². The van der Waals surface area contributed by atoms with E-state index >= 15 is 0 Å². The van der Waals surface area contributed by atoms with Gasteiger partial charge in [0.05, 0.1) is 33.7 Å². The molecule has 3 rings (SSSR count). The summed E-state index contributed by atoms with van der Waals surface area (Å²) in [6, 6.07) is 12.1. The standard InChI is InChI=1S/C22H22Cl2N4O2/c1-13(2)20-18(12-25-28(20)16-7-5-6-14(23)10-16)21(29)26-15-8-9-19(24)17(11-15)22(30)27(3)4/h5-13H,1-4H3,(H,26,29). The maximum atomic E-state index is 13.0. The molecule has 1 N–H and O–H groups in total. The molecule has 0 spiro atoms. The van der Waals surface area contributed by atoms with Crippen molar-refractivity contribution in [2.75, 3.05) is 19.4 Å². The molecule has 156 valence electrons. The lowest BCUT2D eigenvalue weighted by Crippen LogP contribution is -2.22. The van der Waals surface area contributed by atoms with E-state index < -0.39 is 0 Å². The number of hydrogen-bond donors (Lipinski definition) is 1. The van der Waals surface area contributed by atoms with E-state index in [1.807, 2.05) is 26.0 Å². The lowest BCUT2D eigenvalue weighted by atomic mass is 10.0. The molecule has 0 atom stereocenters. The number of rotatable bonds is 5. The van der Waals surface area contributed by atoms with Gasteiger partial charge in [0.15, 0.2) is 0 Å². The average molecular weight is 445 g/mol. The largest absolute Gasteiger partial charge is 0.345 e. The van der Waals surface area contributed by atoms with Crippen molar-refractivity contribution in [1.29, 1.82) is 0 Å². The Hall–Kier alpha value is -2.83. The van der Waals surface area contributed by atoms with Crippen LogP contribution in [0, 0.1) is 0 Å². The predicted octanol–water partition coefficient (Wildman–Crippen LogP) is 5.26. The van der Waals surface area contributed by atoms with E-state index in [9.17, 15) is 9.59 Å². The molecule has 1 aromatic heterocycles. The van der Waals surface area contributed by atoms with Gasteiger partial charge < -0.3 is 10.2 Å². The molecule has 3 aromatic rings. The molecular weight excluding hydrogens is 423 g/mol. The van der Waals surface area contributed by atoms with E-state index in [2.05, 4.69) is 10.4 Å². The first kappa shape index (κ1) is 21.9. The molecule has 0 aliphatic rings. The van der Waals surface area contributed by atoms with Gasteiger partial charge in [-0.2, -0.15) is 5.10 Å². The van der Waals surface area contributed by atoms with Crippen molar-refractivity contribution in [3.8, 4) is 5.69 Å². The van der Waals surface area contributed by atoms with Crippen LogP contribution in [0.4, 0.5) is 5.69 Å². The van der Waals surface area contributed by atoms with E-state index in [4.69, 9.17) is 23.2 Å². The summed E-state index contributed by atoms with van der Waals surface area (Å²) in [5, 5.41) is 8.16. The molecule has 8 heteroatoms. The molecule has 2 aromatic carbocycles. The van der Waals surface area contributed by atoms with Crippen molar-refractivity contribution >= 4 is 40.7 Å². The number of aromatic nitrogens is 2. The Labute approximate surface area is 185 Å². The summed E-state index contributed by atoms with van der Waals surface area (Å²) in [5.74, 6) is -0.534. The first-order chi connectivity index (χ1) is 14.2. The zero-order chi connectivity index (χ0) is 22.0. The molecule has 0 aliphatic heterocycles. The zero-order valence-electron chi connectivity index (χ0n) is 17.1. The third-order valence-corrected chi connectivity index (χ3v) is 5.08. The van der Waals surface area contributed by atoms with E-state index in [1.165, 1.54) is 11.1 Å². The first-order valence-corrected chi connectivity index (χ1v) is 10.1. The van der Waals surface area contributed by atoms with Crippen molar-refractivity contribution in [3.63, 3.8) is 0 Å². The summed E-state index contributed by atoms with van der Waals surface area (Å²) >= 11 is 12.3. The highest BCUT2D eigenvalue weighted by Crippen LogP contribution is 2.26. The molecule has 2 amide bonds. The Kier molecular flexibility index (Phi) is 6.48. The smallest absolute Gasteiger partial charge is 0.259 e. The van der Waals surface area contributed by atoms with Gasteiger partial charge in [0, 0.05) is 24.8 Å². The number of nitrogens with one attached hydrogen (secondary N) is 1. The summed E-state index contributed by atoms with van der Waals surface area (Å²) in [6.07, 6.45) is 1.54. The van der Waals surface area contributed by atoms with E-state index in [0.717, 1.165) is 11.4 Å². The quantitative estimate of drug-likeness (QED) is 0.583. The molecular formula is C22H22Cl2N4O2. The maximum Gasteiger partial charge on any atom is 0.259 e. The number of carbonyl (C=O) groups is 2. The van der Waals surface area contributed by atoms with Crippen LogP contribution >= 0.6 is 23.2 Å². The van der Waals surface area contributed by atoms with E-state index in [-0.39, 0.29) is 17.7 Å². The van der Waals surface area contributed by atoms with Gasteiger partial charge >= 0.3 is 0 Å². The van der Waals surface area contributed by atoms with Crippen LogP contribution in [0.5, 0.6) is 0 Å². The van der Waals surface area contributed by atoms with Crippen molar-refractivity contribution in [3.05, 3.63) is 75.5 Å². The molecule has 0 saturated heterocycles. The van der Waals surface area contributed by atoms with Crippen LogP contribution in [0.1, 0.15) is 46.2 Å². The van der Waals surface area contributed by atoms with Gasteiger partial charge in [0.25, 0.3) is 11.8 Å². The molecule has 0 aliphatic carbocycles. The zero-order valence-corrected chi connectivity index (χ0v) is 18.6. The molecule has 0 unspecified atom stereocenters. The molecule has 1 heterocycles. The number of anilines is 1. The first-order valence-electron chi connectivity index (χ1n) is 9.35. The van der Waals surface area contributed by atoms with Gasteiger partial charge in [-0.15, -0.1) is 0 Å². The van der Waals surface area contributed by atoms with Gasteiger partial charge in [-0.1, -0.05) is 43.1 Å². The minimum absolute atomic E-state index is 0.0309. The topological polar surface area (TPSA) is 67.2 Å². The van der Waals surface area contributed by atoms with E-state index in [0.29, 0.717) is 26.9 Å². The number of hydrogen-bond acceptors (Lipinski definition) is 3. The minimum Gasteiger partial charge on any atom is -0.345 e. The van der Waals surface area contributed by atoms with Crippen molar-refractivity contribution in [1.82, 2.24) is 14.7 Å². The van der Waals surface area contributed by atoms with Crippen LogP contribution in [-0.2, 0) is 0 Å². The fraction of sp³-hybridized carbons (Fsp3) is 0.227. The van der Waals surface area contributed by atoms with Gasteiger partial charge in [0.1, 0.15) is 0 Å². The van der Waals surface area contributed by atoms with Gasteiger partial charge in [-0.05, 0) is 42.3 Å². The highest BCUT2D eigenvalue weighted by Gasteiger charge is 2.22. The van der Waals surface area contributed by atoms with Gasteiger partial charge in [-0.3, -0.25) is 9.59 Å². The average Bonchev–Trinajstić information content (AvgIpc) is 3.14. The summed E-state index contributed by atoms with van der Waals surface area (Å²) in [6.45, 7) is 3.98. The normalized spacial score (nSPS) is 10.9. The van der Waals surface area contributed by atoms with Crippen LogP contribution in [0.15, 0.2) is 48.7 Å². The number of nitrogens with zero attached hydrogens (tertiary/aromatic N) is 3. The summed E-state index contributed by atoms with van der Waals surface area (Å²) < 4.78 is 1.72. The Balaban J connectivity index is 1.95. The number of amides is 2. The van der Waals surface area contributed by atoms with Crippen LogP contribution in [0.2, 0.25) is 10.0 Å². The van der Waals surface area contributed by atoms with Crippen LogP contribution < -0.4 is 5.32 Å². The van der Waals surface area contributed by atoms with Crippen molar-refractivity contribution in [2.45, 2.75) is 19.8 Å². The van der Waals surface area contributed by atoms with Crippen molar-refractivity contribution < 1.29 is 9.59 Å². The number of carbonyl (C=O) groups excluding carboxylic acids is 2. The minimum atomic E-state index is -0.322. The lowest BCUT2D eigenvalue weighted by molar-refractivity contribution is 0.0827. The molecule has 0 saturated carbocycles. The second kappa shape index (κ2) is 8.90. The van der Waals surface area contributed by atoms with Gasteiger partial charge in [-0.25, -0.2) is 4.68 Å². The van der Waals surface area contributed by atoms with Crippen molar-refractivity contribution in [2.24, 2.45) is 0 Å². The highest BCUT2D eigenvalue weighted by atomic mass is 35.5. The Morgan fingerprint density at radius 2 is 1.80 bits per heavy atom. The van der Waals surface area contributed by atoms with Crippen LogP contribution in [0.25, 0.3) is 5.69 Å². The van der Waals surface area contributed by atoms with Crippen LogP contribution in [0.3, 0.4) is 0 Å². The highest BCUT2D eigenvalue weighted by molar-refractivity contribution is 6.34. The Morgan fingerprint density at radius 1 is 1.07 bits per heavy atom. The fourth-order valence-electron chi connectivity index (χ4n) is 3.11. The number of halogens is 2. The molecule has 0 bridgehead atoms. The molecule has 0 fully saturated rings. The fourth-order valence-corrected chi connectivity index (χ4v) is 3.49. The third-order valence-electron chi connectivity index (χ3n) is 4.51. The third kappa shape index (κ3) is 4.50. The second-order valence-corrected chi connectivity index (χ2v) is 8.18. The SMILES string of the molecule is CC(C)c1c(C(=O)Nc2ccc(Cl)c(C(=O)N(C)C)c2)cnn1-c1cccc(Cl)c1. The summed E-state index contributed by atoms with van der Waals surface area (Å²) in [7, 11) is 3.28. The van der Waals surface area contributed by atoms with Gasteiger partial charge in [0.2, 0.25) is 0 Å². The molecule has 6 nitrogen and oxygen atoms in total. The summed E-state index contributed by atoms with van der Waals surface area (Å²) in [5.41, 5.74) is 2.77. The molecule has 0 radical (unpaired) electrons. The second-order valence-electron chi connectivity index (χ2n) is 7.34. The Morgan fingerprint density at radius 3 is 2.43 bits per heavy atom. The predicted molar refractivity (Wildman–Crippen MR) is 120 cm³/mol. The molecule has 30 heavy (non-hydrogen) atoms.